The normalized spacial score (nSPS) is 11.4. The molecule has 0 unspecified atom stereocenters. The van der Waals surface area contributed by atoms with E-state index in [2.05, 4.69) is 32.0 Å². The zero-order chi connectivity index (χ0) is 19.5. The maximum Gasteiger partial charge on any atom is 0.166 e. The van der Waals surface area contributed by atoms with E-state index < -0.39 is 0 Å². The Morgan fingerprint density at radius 2 is 1.93 bits per heavy atom. The average molecular weight is 453 g/mol. The summed E-state index contributed by atoms with van der Waals surface area (Å²) in [5.74, 6) is 0.518. The van der Waals surface area contributed by atoms with Crippen LogP contribution in [-0.4, -0.2) is 22.9 Å². The van der Waals surface area contributed by atoms with Crippen molar-refractivity contribution in [2.75, 3.05) is 6.61 Å². The Morgan fingerprint density at radius 3 is 2.68 bits per heavy atom. The summed E-state index contributed by atoms with van der Waals surface area (Å²) in [6.45, 7) is 2.36. The Bertz CT molecular complexity index is 1120. The average Bonchev–Trinajstić information content (AvgIpc) is 3.14. The van der Waals surface area contributed by atoms with Crippen LogP contribution in [-0.2, 0) is 0 Å². The van der Waals surface area contributed by atoms with E-state index in [1.807, 2.05) is 49.4 Å². The summed E-state index contributed by atoms with van der Waals surface area (Å²) in [4.78, 5) is 9.16. The number of para-hydroxylation sites is 1. The van der Waals surface area contributed by atoms with Crippen LogP contribution in [0.2, 0.25) is 0 Å². The van der Waals surface area contributed by atoms with Gasteiger partial charge in [-0.2, -0.15) is 0 Å². The Labute approximate surface area is 175 Å². The van der Waals surface area contributed by atoms with Crippen LogP contribution < -0.4 is 4.74 Å². The number of phenolic OH excluding ortho intramolecular Hbond substituents is 1. The fourth-order valence-electron chi connectivity index (χ4n) is 2.79. The Morgan fingerprint density at radius 1 is 1.14 bits per heavy atom. The smallest absolute Gasteiger partial charge is 0.166 e. The summed E-state index contributed by atoms with van der Waals surface area (Å²) in [5.41, 5.74) is 3.46. The quantitative estimate of drug-likeness (QED) is 0.347. The molecule has 0 fully saturated rings. The molecule has 0 aliphatic rings. The van der Waals surface area contributed by atoms with E-state index >= 15 is 0 Å². The van der Waals surface area contributed by atoms with Crippen molar-refractivity contribution in [3.05, 3.63) is 70.7 Å². The summed E-state index contributed by atoms with van der Waals surface area (Å²) in [7, 11) is 0. The van der Waals surface area contributed by atoms with Crippen molar-refractivity contribution < 1.29 is 9.84 Å². The number of hydrogen-bond acceptors (Lipinski definition) is 5. The second-order valence-electron chi connectivity index (χ2n) is 6.07. The number of hydrogen-bond donors (Lipinski definition) is 1. The highest BCUT2D eigenvalue weighted by Gasteiger charge is 2.09. The van der Waals surface area contributed by atoms with E-state index in [4.69, 9.17) is 4.74 Å². The van der Waals surface area contributed by atoms with Gasteiger partial charge in [0, 0.05) is 21.8 Å². The van der Waals surface area contributed by atoms with E-state index in [1.165, 1.54) is 4.70 Å². The van der Waals surface area contributed by atoms with Crippen LogP contribution in [0, 0.1) is 0 Å². The van der Waals surface area contributed by atoms with Crippen LogP contribution in [0.4, 0.5) is 5.69 Å². The summed E-state index contributed by atoms with van der Waals surface area (Å²) >= 11 is 5.11. The second kappa shape index (κ2) is 8.12. The van der Waals surface area contributed by atoms with Gasteiger partial charge in [0.15, 0.2) is 11.5 Å². The molecule has 0 saturated carbocycles. The molecule has 140 valence electrons. The van der Waals surface area contributed by atoms with Gasteiger partial charge in [0.2, 0.25) is 0 Å². The zero-order valence-electron chi connectivity index (χ0n) is 15.1. The van der Waals surface area contributed by atoms with E-state index in [0.29, 0.717) is 17.9 Å². The number of aliphatic imine (C=N–C) groups is 1. The van der Waals surface area contributed by atoms with Crippen molar-refractivity contribution >= 4 is 49.4 Å². The third-order valence-corrected chi connectivity index (χ3v) is 5.67. The van der Waals surface area contributed by atoms with Gasteiger partial charge in [0.25, 0.3) is 0 Å². The predicted molar refractivity (Wildman–Crippen MR) is 119 cm³/mol. The minimum Gasteiger partial charge on any atom is -0.504 e. The SMILES string of the molecule is CCOc1cc(Br)cc(C=Nc2ccc(-c3nc4ccccc4s3)cc2)c1O. The molecule has 0 atom stereocenters. The molecule has 0 amide bonds. The number of ether oxygens (including phenoxy) is 1. The lowest BCUT2D eigenvalue weighted by atomic mass is 10.2. The molecule has 28 heavy (non-hydrogen) atoms. The molecule has 4 aromatic rings. The molecule has 0 aliphatic carbocycles. The Balaban J connectivity index is 1.58. The number of nitrogens with zero attached hydrogens (tertiary/aromatic N) is 2. The highest BCUT2D eigenvalue weighted by Crippen LogP contribution is 2.34. The summed E-state index contributed by atoms with van der Waals surface area (Å²) in [5, 5.41) is 11.3. The van der Waals surface area contributed by atoms with E-state index in [1.54, 1.807) is 29.7 Å². The highest BCUT2D eigenvalue weighted by atomic mass is 79.9. The molecule has 0 bridgehead atoms. The van der Waals surface area contributed by atoms with Crippen molar-refractivity contribution in [3.8, 4) is 22.1 Å². The molecule has 3 aromatic carbocycles. The predicted octanol–water partition coefficient (Wildman–Crippen LogP) is 6.58. The molecular weight excluding hydrogens is 436 g/mol. The molecule has 4 nitrogen and oxygen atoms in total. The van der Waals surface area contributed by atoms with E-state index in [-0.39, 0.29) is 5.75 Å². The van der Waals surface area contributed by atoms with Gasteiger partial charge in [0.1, 0.15) is 5.01 Å². The number of fused-ring (bicyclic) bond motifs is 1. The largest absolute Gasteiger partial charge is 0.504 e. The number of aromatic hydroxyl groups is 1. The number of aromatic nitrogens is 1. The van der Waals surface area contributed by atoms with Crippen molar-refractivity contribution in [1.29, 1.82) is 0 Å². The fraction of sp³-hybridized carbons (Fsp3) is 0.0909. The van der Waals surface area contributed by atoms with Crippen molar-refractivity contribution in [2.45, 2.75) is 6.92 Å². The highest BCUT2D eigenvalue weighted by molar-refractivity contribution is 9.10. The van der Waals surface area contributed by atoms with Gasteiger partial charge in [-0.05, 0) is 55.5 Å². The third-order valence-electron chi connectivity index (χ3n) is 4.13. The van der Waals surface area contributed by atoms with Gasteiger partial charge in [-0.15, -0.1) is 11.3 Å². The molecule has 1 aromatic heterocycles. The first-order valence-corrected chi connectivity index (χ1v) is 10.4. The monoisotopic (exact) mass is 452 g/mol. The molecule has 0 radical (unpaired) electrons. The van der Waals surface area contributed by atoms with Crippen LogP contribution in [0.5, 0.6) is 11.5 Å². The number of benzene rings is 3. The number of halogens is 1. The number of phenols is 1. The lowest BCUT2D eigenvalue weighted by molar-refractivity contribution is 0.317. The first kappa shape index (κ1) is 18.7. The molecular formula is C22H17BrN2O2S. The molecule has 1 N–H and O–H groups in total. The van der Waals surface area contributed by atoms with Crippen LogP contribution in [0.3, 0.4) is 0 Å². The lowest BCUT2D eigenvalue weighted by Crippen LogP contribution is -1.94. The molecule has 6 heteroatoms. The lowest BCUT2D eigenvalue weighted by Gasteiger charge is -2.08. The van der Waals surface area contributed by atoms with Crippen molar-refractivity contribution in [1.82, 2.24) is 4.98 Å². The minimum atomic E-state index is 0.0832. The molecule has 1 heterocycles. The Hall–Kier alpha value is -2.70. The van der Waals surface area contributed by atoms with E-state index in [9.17, 15) is 5.11 Å². The van der Waals surface area contributed by atoms with Gasteiger partial charge in [-0.1, -0.05) is 28.1 Å². The molecule has 0 aliphatic heterocycles. The standard InChI is InChI=1S/C22H17BrN2O2S/c1-2-27-19-12-16(23)11-15(21(19)26)13-24-17-9-7-14(8-10-17)22-25-18-5-3-4-6-20(18)28-22/h3-13,26H,2H2,1H3. The fourth-order valence-corrected chi connectivity index (χ4v) is 4.21. The van der Waals surface area contributed by atoms with Gasteiger partial charge < -0.3 is 9.84 Å². The maximum atomic E-state index is 10.3. The van der Waals surface area contributed by atoms with Gasteiger partial charge >= 0.3 is 0 Å². The summed E-state index contributed by atoms with van der Waals surface area (Å²) in [6.07, 6.45) is 1.63. The van der Waals surface area contributed by atoms with Crippen LogP contribution >= 0.6 is 27.3 Å². The molecule has 0 spiro atoms. The number of thiazole rings is 1. The maximum absolute atomic E-state index is 10.3. The van der Waals surface area contributed by atoms with Gasteiger partial charge in [-0.25, -0.2) is 4.98 Å². The Kier molecular flexibility index (Phi) is 5.41. The molecule has 0 saturated heterocycles. The first-order valence-electron chi connectivity index (χ1n) is 8.79. The summed E-state index contributed by atoms with van der Waals surface area (Å²) in [6, 6.07) is 19.6. The number of rotatable bonds is 5. The van der Waals surface area contributed by atoms with Crippen molar-refractivity contribution in [3.63, 3.8) is 0 Å². The zero-order valence-corrected chi connectivity index (χ0v) is 17.5. The van der Waals surface area contributed by atoms with Crippen LogP contribution in [0.15, 0.2) is 70.1 Å². The second-order valence-corrected chi connectivity index (χ2v) is 8.01. The van der Waals surface area contributed by atoms with Crippen LogP contribution in [0.25, 0.3) is 20.8 Å². The van der Waals surface area contributed by atoms with Crippen molar-refractivity contribution in [2.24, 2.45) is 4.99 Å². The minimum absolute atomic E-state index is 0.0832. The van der Waals surface area contributed by atoms with Crippen LogP contribution in [0.1, 0.15) is 12.5 Å². The first-order chi connectivity index (χ1) is 13.6. The van der Waals surface area contributed by atoms with E-state index in [0.717, 1.165) is 26.2 Å². The topological polar surface area (TPSA) is 54.7 Å². The molecule has 4 rings (SSSR count). The van der Waals surface area contributed by atoms with Gasteiger partial charge in [0.05, 0.1) is 22.5 Å². The summed E-state index contributed by atoms with van der Waals surface area (Å²) < 4.78 is 7.45. The van der Waals surface area contributed by atoms with Gasteiger partial charge in [-0.3, -0.25) is 4.99 Å². The third kappa shape index (κ3) is 3.93.